The first-order valence-electron chi connectivity index (χ1n) is 0. The van der Waals surface area contributed by atoms with Crippen LogP contribution >= 0.6 is 0 Å². The zero-order valence-electron chi connectivity index (χ0n) is 1.63. The van der Waals surface area contributed by atoms with Crippen molar-refractivity contribution in [3.63, 3.8) is 0 Å². The Hall–Kier alpha value is 2.10. The standard InChI is InChI=1S/Ge.3Mn. The Morgan fingerprint density at radius 2 is 0.500 bits per heavy atom. The molecule has 25 valence electrons. The molecule has 0 aliphatic heterocycles. The molecule has 0 saturated heterocycles. The second-order valence-electron chi connectivity index (χ2n) is 0. The minimum Gasteiger partial charge on any atom is 0 e. The van der Waals surface area contributed by atoms with Gasteiger partial charge in [0.15, 0.2) is 0 Å². The topological polar surface area (TPSA) is 0 Å². The smallest absolute Gasteiger partial charge is 0 e. The summed E-state index contributed by atoms with van der Waals surface area (Å²) in [4.78, 5) is 0. The third kappa shape index (κ3) is 8.93. The van der Waals surface area contributed by atoms with Gasteiger partial charge in [0.2, 0.25) is 0 Å². The number of rotatable bonds is 0. The molecule has 0 rings (SSSR count). The third-order valence-corrected chi connectivity index (χ3v) is 0. The molecule has 0 fully saturated rings. The molecular weight excluding hydrogens is 237 g/mol. The second kappa shape index (κ2) is 19.4. The van der Waals surface area contributed by atoms with Gasteiger partial charge in [0.05, 0.1) is 0 Å². The first kappa shape index (κ1) is 36.0. The molecule has 0 spiro atoms. The van der Waals surface area contributed by atoms with E-state index in [9.17, 15) is 0 Å². The summed E-state index contributed by atoms with van der Waals surface area (Å²) in [5, 5.41) is 0. The molecule has 0 heterocycles. The number of hydrogen-bond donors (Lipinski definition) is 0. The second-order valence-corrected chi connectivity index (χ2v) is 0. The van der Waals surface area contributed by atoms with E-state index in [2.05, 4.69) is 0 Å². The van der Waals surface area contributed by atoms with Gasteiger partial charge in [-0.1, -0.05) is 0 Å². The van der Waals surface area contributed by atoms with Crippen molar-refractivity contribution in [2.45, 2.75) is 0 Å². The molecule has 0 aliphatic rings. The van der Waals surface area contributed by atoms with E-state index < -0.39 is 0 Å². The summed E-state index contributed by atoms with van der Waals surface area (Å²) >= 11 is 0. The zero-order chi connectivity index (χ0) is 0. The maximum Gasteiger partial charge on any atom is 0 e. The SMILES string of the molecule is [Ge].[Mn].[Mn].[Mn]. The fourth-order valence-corrected chi connectivity index (χ4v) is 0. The molecule has 4 heavy (non-hydrogen) atoms. The van der Waals surface area contributed by atoms with Gasteiger partial charge in [0.1, 0.15) is 0 Å². The largest absolute Gasteiger partial charge is 0 e. The van der Waals surface area contributed by atoms with Gasteiger partial charge < -0.3 is 0 Å². The summed E-state index contributed by atoms with van der Waals surface area (Å²) in [5.41, 5.74) is 0. The van der Waals surface area contributed by atoms with Gasteiger partial charge in [0.25, 0.3) is 0 Å². The fraction of sp³-hybridized carbons (Fsp3) is 0. The van der Waals surface area contributed by atoms with Crippen LogP contribution < -0.4 is 0 Å². The van der Waals surface area contributed by atoms with Crippen LogP contribution in [-0.4, -0.2) is 17.6 Å². The van der Waals surface area contributed by atoms with Crippen LogP contribution in [0.2, 0.25) is 0 Å². The Balaban J connectivity index is 0. The Labute approximate surface area is 68.3 Å². The van der Waals surface area contributed by atoms with E-state index in [4.69, 9.17) is 0 Å². The van der Waals surface area contributed by atoms with E-state index in [1.165, 1.54) is 0 Å². The monoisotopic (exact) mass is 239 g/mol. The van der Waals surface area contributed by atoms with Gasteiger partial charge in [-0.05, 0) is 0 Å². The molecule has 0 aromatic rings. The Kier molecular flexibility index (Phi) is 175. The predicted molar refractivity (Wildman–Crippen MR) is 5.75 cm³/mol. The molecule has 0 aliphatic carbocycles. The molecule has 0 amide bonds. The van der Waals surface area contributed by atoms with E-state index in [0.717, 1.165) is 0 Å². The van der Waals surface area contributed by atoms with Gasteiger partial charge in [-0.3, -0.25) is 0 Å². The predicted octanol–water partition coefficient (Wildman–Crippen LogP) is -0.388. The summed E-state index contributed by atoms with van der Waals surface area (Å²) in [6, 6.07) is 0. The summed E-state index contributed by atoms with van der Waals surface area (Å²) in [6.07, 6.45) is 0. The van der Waals surface area contributed by atoms with Gasteiger partial charge >= 0.3 is 0 Å². The van der Waals surface area contributed by atoms with Gasteiger partial charge in [0, 0.05) is 68.8 Å². The third-order valence-electron chi connectivity index (χ3n) is 0. The minimum atomic E-state index is 0. The summed E-state index contributed by atoms with van der Waals surface area (Å²) < 4.78 is 0. The normalized spacial score (nSPS) is 0. The fourth-order valence-electron chi connectivity index (χ4n) is 0. The van der Waals surface area contributed by atoms with Crippen LogP contribution in [0.1, 0.15) is 0 Å². The van der Waals surface area contributed by atoms with Crippen molar-refractivity contribution in [3.8, 4) is 0 Å². The van der Waals surface area contributed by atoms with Crippen molar-refractivity contribution < 1.29 is 51.2 Å². The average molecular weight is 237 g/mol. The van der Waals surface area contributed by atoms with Crippen molar-refractivity contribution in [2.24, 2.45) is 0 Å². The molecular formula is GeMn3. The Morgan fingerprint density at radius 3 is 0.500 bits per heavy atom. The Morgan fingerprint density at radius 1 is 0.500 bits per heavy atom. The first-order chi connectivity index (χ1) is 0. The van der Waals surface area contributed by atoms with Crippen LogP contribution in [0.5, 0.6) is 0 Å². The van der Waals surface area contributed by atoms with E-state index in [-0.39, 0.29) is 68.8 Å². The molecule has 0 bridgehead atoms. The van der Waals surface area contributed by atoms with E-state index >= 15 is 0 Å². The minimum absolute atomic E-state index is 0. The van der Waals surface area contributed by atoms with E-state index in [1.807, 2.05) is 0 Å². The molecule has 0 N–H and O–H groups in total. The van der Waals surface area contributed by atoms with Crippen LogP contribution in [0.4, 0.5) is 0 Å². The van der Waals surface area contributed by atoms with Crippen molar-refractivity contribution in [1.29, 1.82) is 0 Å². The van der Waals surface area contributed by atoms with Crippen molar-refractivity contribution in [3.05, 3.63) is 0 Å². The average Bonchev–Trinajstić information content (AvgIpc) is 0. The summed E-state index contributed by atoms with van der Waals surface area (Å²) in [5.74, 6) is 0. The zero-order valence-corrected chi connectivity index (χ0v) is 7.27. The maximum atomic E-state index is 0. The molecule has 0 aromatic carbocycles. The molecule has 0 aromatic heterocycles. The molecule has 0 unspecified atom stereocenters. The van der Waals surface area contributed by atoms with Crippen LogP contribution in [-0.2, 0) is 51.2 Å². The van der Waals surface area contributed by atoms with Crippen molar-refractivity contribution >= 4 is 17.6 Å². The quantitative estimate of drug-likeness (QED) is 0.504. The van der Waals surface area contributed by atoms with Crippen molar-refractivity contribution in [2.75, 3.05) is 0 Å². The number of hydrogen-bond acceptors (Lipinski definition) is 0. The van der Waals surface area contributed by atoms with Crippen LogP contribution in [0.3, 0.4) is 0 Å². The summed E-state index contributed by atoms with van der Waals surface area (Å²) in [6.45, 7) is 0. The maximum absolute atomic E-state index is 0. The summed E-state index contributed by atoms with van der Waals surface area (Å²) in [7, 11) is 0. The van der Waals surface area contributed by atoms with Crippen LogP contribution in [0, 0.1) is 0 Å². The van der Waals surface area contributed by atoms with Gasteiger partial charge in [-0.15, -0.1) is 0 Å². The van der Waals surface area contributed by atoms with Crippen LogP contribution in [0.25, 0.3) is 0 Å². The van der Waals surface area contributed by atoms with Crippen LogP contribution in [0.15, 0.2) is 0 Å². The molecule has 7 radical (unpaired) electrons. The molecule has 4 heteroatoms. The van der Waals surface area contributed by atoms with Crippen molar-refractivity contribution in [1.82, 2.24) is 0 Å². The molecule has 0 nitrogen and oxygen atoms in total. The van der Waals surface area contributed by atoms with E-state index in [0.29, 0.717) is 0 Å². The van der Waals surface area contributed by atoms with E-state index in [1.54, 1.807) is 0 Å². The Bertz CT molecular complexity index is 3.25. The van der Waals surface area contributed by atoms with Gasteiger partial charge in [-0.25, -0.2) is 0 Å². The van der Waals surface area contributed by atoms with Gasteiger partial charge in [-0.2, -0.15) is 0 Å². The molecule has 0 saturated carbocycles. The first-order valence-corrected chi connectivity index (χ1v) is 0. The molecule has 0 atom stereocenters.